The average Bonchev–Trinajstić information content (AvgIpc) is 2.70. The predicted molar refractivity (Wildman–Crippen MR) is 63.7 cm³/mol. The molecule has 4 nitrogen and oxygen atoms in total. The lowest BCUT2D eigenvalue weighted by molar-refractivity contribution is -0.143. The Bertz CT molecular complexity index is 338. The lowest BCUT2D eigenvalue weighted by Gasteiger charge is -2.14. The number of methoxy groups -OCH3 is 2. The van der Waals surface area contributed by atoms with E-state index in [1.807, 2.05) is 19.1 Å². The molecule has 1 atom stereocenters. The number of hydrogen-bond acceptors (Lipinski definition) is 5. The number of carbonyl (C=O) groups excluding carboxylic acids is 1. The third kappa shape index (κ3) is 3.59. The summed E-state index contributed by atoms with van der Waals surface area (Å²) in [5, 5.41) is 3.11. The molecule has 0 aliphatic carbocycles. The fourth-order valence-corrected chi connectivity index (χ4v) is 2.27. The van der Waals surface area contributed by atoms with Crippen LogP contribution in [-0.4, -0.2) is 33.3 Å². The normalized spacial score (nSPS) is 12.4. The predicted octanol–water partition coefficient (Wildman–Crippen LogP) is 1.51. The average molecular weight is 243 g/mol. The van der Waals surface area contributed by atoms with Gasteiger partial charge in [-0.1, -0.05) is 0 Å². The Morgan fingerprint density at radius 1 is 1.50 bits per heavy atom. The number of rotatable bonds is 6. The zero-order valence-electron chi connectivity index (χ0n) is 9.78. The quantitative estimate of drug-likeness (QED) is 0.607. The first kappa shape index (κ1) is 13.2. The van der Waals surface area contributed by atoms with Crippen LogP contribution >= 0.6 is 11.3 Å². The van der Waals surface area contributed by atoms with E-state index in [4.69, 9.17) is 9.47 Å². The van der Waals surface area contributed by atoms with E-state index < -0.39 is 0 Å². The van der Waals surface area contributed by atoms with Crippen molar-refractivity contribution in [1.29, 1.82) is 0 Å². The van der Waals surface area contributed by atoms with Crippen LogP contribution in [0.25, 0.3) is 0 Å². The largest absolute Gasteiger partial charge is 0.468 e. The molecule has 1 aromatic rings. The molecule has 1 heterocycles. The number of aryl methyl sites for hydroxylation is 1. The zero-order chi connectivity index (χ0) is 12.0. The number of carbonyl (C=O) groups is 1. The van der Waals surface area contributed by atoms with Gasteiger partial charge in [0.15, 0.2) is 0 Å². The van der Waals surface area contributed by atoms with Crippen LogP contribution < -0.4 is 5.32 Å². The molecular weight excluding hydrogens is 226 g/mol. The molecular formula is C11H17NO3S. The molecule has 1 N–H and O–H groups in total. The van der Waals surface area contributed by atoms with Crippen molar-refractivity contribution in [3.63, 3.8) is 0 Å². The summed E-state index contributed by atoms with van der Waals surface area (Å²) in [6, 6.07) is 3.55. The van der Waals surface area contributed by atoms with Gasteiger partial charge in [-0.2, -0.15) is 0 Å². The van der Waals surface area contributed by atoms with Gasteiger partial charge in [-0.15, -0.1) is 11.3 Å². The summed E-state index contributed by atoms with van der Waals surface area (Å²) in [6.07, 6.45) is 0. The summed E-state index contributed by atoms with van der Waals surface area (Å²) >= 11 is 1.59. The molecule has 1 aromatic heterocycles. The smallest absolute Gasteiger partial charge is 0.328 e. The highest BCUT2D eigenvalue weighted by molar-refractivity contribution is 7.12. The molecule has 0 bridgehead atoms. The standard InChI is InChI=1S/C11H17NO3S/c1-8-4-5-9(16-8)10(11(13)15-3)12-6-7-14-2/h4-5,10,12H,6-7H2,1-3H3. The second-order valence-corrected chi connectivity index (χ2v) is 4.67. The molecule has 0 aliphatic heterocycles. The molecule has 0 aromatic carbocycles. The SMILES string of the molecule is COCCNC(C(=O)OC)c1ccc(C)s1. The van der Waals surface area contributed by atoms with E-state index in [-0.39, 0.29) is 12.0 Å². The van der Waals surface area contributed by atoms with Crippen LogP contribution in [0.1, 0.15) is 15.8 Å². The molecule has 0 amide bonds. The summed E-state index contributed by atoms with van der Waals surface area (Å²) in [7, 11) is 3.03. The summed E-state index contributed by atoms with van der Waals surface area (Å²) in [5.74, 6) is -0.266. The highest BCUT2D eigenvalue weighted by atomic mass is 32.1. The molecule has 16 heavy (non-hydrogen) atoms. The second kappa shape index (κ2) is 6.62. The monoisotopic (exact) mass is 243 g/mol. The summed E-state index contributed by atoms with van der Waals surface area (Å²) in [5.41, 5.74) is 0. The van der Waals surface area contributed by atoms with E-state index in [1.165, 1.54) is 12.0 Å². The van der Waals surface area contributed by atoms with E-state index in [0.29, 0.717) is 13.2 Å². The fourth-order valence-electron chi connectivity index (χ4n) is 1.33. The van der Waals surface area contributed by atoms with Crippen LogP contribution in [0.3, 0.4) is 0 Å². The van der Waals surface area contributed by atoms with Gasteiger partial charge in [0.05, 0.1) is 13.7 Å². The number of esters is 1. The van der Waals surface area contributed by atoms with Crippen molar-refractivity contribution in [2.24, 2.45) is 0 Å². The topological polar surface area (TPSA) is 47.6 Å². The van der Waals surface area contributed by atoms with Crippen molar-refractivity contribution >= 4 is 17.3 Å². The number of ether oxygens (including phenoxy) is 2. The van der Waals surface area contributed by atoms with Crippen LogP contribution in [0.15, 0.2) is 12.1 Å². The van der Waals surface area contributed by atoms with Crippen molar-refractivity contribution in [3.8, 4) is 0 Å². The maximum atomic E-state index is 11.6. The van der Waals surface area contributed by atoms with Crippen molar-refractivity contribution in [1.82, 2.24) is 5.32 Å². The van der Waals surface area contributed by atoms with Crippen molar-refractivity contribution in [3.05, 3.63) is 21.9 Å². The van der Waals surface area contributed by atoms with Crippen LogP contribution in [0, 0.1) is 6.92 Å². The van der Waals surface area contributed by atoms with Crippen LogP contribution in [0.2, 0.25) is 0 Å². The first-order valence-electron chi connectivity index (χ1n) is 5.05. The summed E-state index contributed by atoms with van der Waals surface area (Å²) < 4.78 is 9.71. The first-order chi connectivity index (χ1) is 7.69. The van der Waals surface area contributed by atoms with Gasteiger partial charge in [-0.3, -0.25) is 5.32 Å². The first-order valence-corrected chi connectivity index (χ1v) is 5.87. The van der Waals surface area contributed by atoms with Gasteiger partial charge in [-0.05, 0) is 19.1 Å². The molecule has 1 unspecified atom stereocenters. The molecule has 1 rings (SSSR count). The molecule has 90 valence electrons. The van der Waals surface area contributed by atoms with E-state index in [2.05, 4.69) is 5.32 Å². The Balaban J connectivity index is 2.67. The van der Waals surface area contributed by atoms with Gasteiger partial charge >= 0.3 is 5.97 Å². The van der Waals surface area contributed by atoms with Gasteiger partial charge in [0, 0.05) is 23.4 Å². The maximum absolute atomic E-state index is 11.6. The lowest BCUT2D eigenvalue weighted by atomic mass is 10.2. The Morgan fingerprint density at radius 3 is 2.75 bits per heavy atom. The minimum absolute atomic E-state index is 0.266. The minimum Gasteiger partial charge on any atom is -0.468 e. The van der Waals surface area contributed by atoms with Crippen LogP contribution in [0.4, 0.5) is 0 Å². The van der Waals surface area contributed by atoms with Crippen molar-refractivity contribution in [2.45, 2.75) is 13.0 Å². The second-order valence-electron chi connectivity index (χ2n) is 3.35. The molecule has 0 spiro atoms. The Morgan fingerprint density at radius 2 is 2.25 bits per heavy atom. The zero-order valence-corrected chi connectivity index (χ0v) is 10.6. The summed E-state index contributed by atoms with van der Waals surface area (Å²) in [6.45, 7) is 3.20. The molecule has 0 saturated heterocycles. The number of hydrogen-bond donors (Lipinski definition) is 1. The Labute approximate surface area is 99.6 Å². The van der Waals surface area contributed by atoms with Gasteiger partial charge < -0.3 is 9.47 Å². The van der Waals surface area contributed by atoms with Gasteiger partial charge in [0.25, 0.3) is 0 Å². The van der Waals surface area contributed by atoms with Crippen molar-refractivity contribution < 1.29 is 14.3 Å². The molecule has 0 aliphatic rings. The molecule has 0 radical (unpaired) electrons. The van der Waals surface area contributed by atoms with E-state index in [1.54, 1.807) is 18.4 Å². The van der Waals surface area contributed by atoms with Gasteiger partial charge in [0.1, 0.15) is 6.04 Å². The fraction of sp³-hybridized carbons (Fsp3) is 0.545. The lowest BCUT2D eigenvalue weighted by Crippen LogP contribution is -2.31. The van der Waals surface area contributed by atoms with E-state index in [9.17, 15) is 4.79 Å². The highest BCUT2D eigenvalue weighted by Gasteiger charge is 2.21. The summed E-state index contributed by atoms with van der Waals surface area (Å²) in [4.78, 5) is 13.7. The third-order valence-electron chi connectivity index (χ3n) is 2.14. The highest BCUT2D eigenvalue weighted by Crippen LogP contribution is 2.23. The van der Waals surface area contributed by atoms with E-state index >= 15 is 0 Å². The molecule has 5 heteroatoms. The Hall–Kier alpha value is -0.910. The number of nitrogens with one attached hydrogen (secondary N) is 1. The van der Waals surface area contributed by atoms with Crippen LogP contribution in [-0.2, 0) is 14.3 Å². The van der Waals surface area contributed by atoms with Gasteiger partial charge in [0.2, 0.25) is 0 Å². The Kier molecular flexibility index (Phi) is 5.45. The maximum Gasteiger partial charge on any atom is 0.328 e. The molecule has 0 saturated carbocycles. The minimum atomic E-state index is -0.390. The van der Waals surface area contributed by atoms with E-state index in [0.717, 1.165) is 4.88 Å². The third-order valence-corrected chi connectivity index (χ3v) is 3.20. The number of thiophene rings is 1. The van der Waals surface area contributed by atoms with Crippen molar-refractivity contribution in [2.75, 3.05) is 27.4 Å². The van der Waals surface area contributed by atoms with Crippen LogP contribution in [0.5, 0.6) is 0 Å². The van der Waals surface area contributed by atoms with Gasteiger partial charge in [-0.25, -0.2) is 4.79 Å². The molecule has 0 fully saturated rings.